The molecule has 0 fully saturated rings. The number of hydrogen-bond acceptors (Lipinski definition) is 2. The predicted octanol–water partition coefficient (Wildman–Crippen LogP) is 2.90. The van der Waals surface area contributed by atoms with Gasteiger partial charge in [-0.3, -0.25) is 4.79 Å². The number of ether oxygens (including phenoxy) is 1. The monoisotopic (exact) mass is 270 g/mol. The molecule has 82 valence electrons. The minimum Gasteiger partial charge on any atom is -0.496 e. The van der Waals surface area contributed by atoms with Gasteiger partial charge in [0.05, 0.1) is 12.4 Å². The van der Waals surface area contributed by atoms with E-state index in [1.807, 2.05) is 19.1 Å². The fourth-order valence-corrected chi connectivity index (χ4v) is 1.73. The lowest BCUT2D eigenvalue weighted by Gasteiger charge is -2.06. The Morgan fingerprint density at radius 3 is 2.73 bits per heavy atom. The summed E-state index contributed by atoms with van der Waals surface area (Å²) in [4.78, 5) is 11.1. The molecule has 0 aromatic heterocycles. The smallest absolute Gasteiger partial charge is 0.143 e. The second-order valence-corrected chi connectivity index (χ2v) is 4.04. The second-order valence-electron chi connectivity index (χ2n) is 3.48. The highest BCUT2D eigenvalue weighted by atomic mass is 79.9. The SMILES string of the molecule is COc1ccc(CCC(=O)CBr)cc1C. The summed E-state index contributed by atoms with van der Waals surface area (Å²) in [6, 6.07) is 6.02. The number of benzene rings is 1. The zero-order valence-electron chi connectivity index (χ0n) is 9.05. The first-order chi connectivity index (χ1) is 7.17. The van der Waals surface area contributed by atoms with Crippen molar-refractivity contribution in [3.63, 3.8) is 0 Å². The van der Waals surface area contributed by atoms with Gasteiger partial charge < -0.3 is 4.74 Å². The van der Waals surface area contributed by atoms with Crippen LogP contribution in [0.1, 0.15) is 17.5 Å². The topological polar surface area (TPSA) is 26.3 Å². The minimum atomic E-state index is 0.239. The van der Waals surface area contributed by atoms with E-state index in [0.29, 0.717) is 11.8 Å². The quantitative estimate of drug-likeness (QED) is 0.770. The van der Waals surface area contributed by atoms with E-state index < -0.39 is 0 Å². The maximum Gasteiger partial charge on any atom is 0.143 e. The highest BCUT2D eigenvalue weighted by Crippen LogP contribution is 2.19. The number of carbonyl (C=O) groups excluding carboxylic acids is 1. The zero-order valence-corrected chi connectivity index (χ0v) is 10.6. The molecule has 0 aliphatic carbocycles. The molecule has 2 nitrogen and oxygen atoms in total. The predicted molar refractivity (Wildman–Crippen MR) is 64.9 cm³/mol. The Hall–Kier alpha value is -0.830. The van der Waals surface area contributed by atoms with Gasteiger partial charge in [0.2, 0.25) is 0 Å². The van der Waals surface area contributed by atoms with Gasteiger partial charge >= 0.3 is 0 Å². The van der Waals surface area contributed by atoms with Crippen LogP contribution in [-0.4, -0.2) is 18.2 Å². The Kier molecular flexibility index (Phi) is 4.82. The number of methoxy groups -OCH3 is 1. The van der Waals surface area contributed by atoms with Gasteiger partial charge in [-0.1, -0.05) is 28.1 Å². The van der Waals surface area contributed by atoms with Crippen LogP contribution in [0.2, 0.25) is 0 Å². The molecule has 0 spiro atoms. The summed E-state index contributed by atoms with van der Waals surface area (Å²) >= 11 is 3.16. The zero-order chi connectivity index (χ0) is 11.3. The van der Waals surface area contributed by atoms with E-state index >= 15 is 0 Å². The van der Waals surface area contributed by atoms with Crippen molar-refractivity contribution < 1.29 is 9.53 Å². The fraction of sp³-hybridized carbons (Fsp3) is 0.417. The first kappa shape index (κ1) is 12.2. The van der Waals surface area contributed by atoms with Gasteiger partial charge in [-0.2, -0.15) is 0 Å². The van der Waals surface area contributed by atoms with E-state index in [-0.39, 0.29) is 5.78 Å². The number of aryl methyl sites for hydroxylation is 2. The molecule has 0 N–H and O–H groups in total. The summed E-state index contributed by atoms with van der Waals surface area (Å²) in [5.41, 5.74) is 2.30. The van der Waals surface area contributed by atoms with E-state index in [0.717, 1.165) is 17.7 Å². The maximum atomic E-state index is 11.1. The van der Waals surface area contributed by atoms with Crippen LogP contribution >= 0.6 is 15.9 Å². The van der Waals surface area contributed by atoms with Crippen molar-refractivity contribution in [2.24, 2.45) is 0 Å². The van der Waals surface area contributed by atoms with Crippen molar-refractivity contribution in [1.82, 2.24) is 0 Å². The molecule has 1 aromatic carbocycles. The molecule has 0 radical (unpaired) electrons. The normalized spacial score (nSPS) is 10.1. The Labute approximate surface area is 98.8 Å². The molecule has 1 aromatic rings. The summed E-state index contributed by atoms with van der Waals surface area (Å²) < 4.78 is 5.17. The Morgan fingerprint density at radius 2 is 2.20 bits per heavy atom. The molecular weight excluding hydrogens is 256 g/mol. The lowest BCUT2D eigenvalue weighted by Crippen LogP contribution is -2.01. The number of Topliss-reactive ketones (excluding diaryl/α,β-unsaturated/α-hetero) is 1. The Balaban J connectivity index is 2.63. The van der Waals surface area contributed by atoms with Crippen LogP contribution in [0.25, 0.3) is 0 Å². The molecule has 0 saturated heterocycles. The van der Waals surface area contributed by atoms with Crippen molar-refractivity contribution in [2.45, 2.75) is 19.8 Å². The van der Waals surface area contributed by atoms with Crippen molar-refractivity contribution >= 4 is 21.7 Å². The number of ketones is 1. The fourth-order valence-electron chi connectivity index (χ4n) is 1.45. The molecule has 0 aliphatic heterocycles. The third-order valence-corrected chi connectivity index (χ3v) is 2.93. The molecule has 0 bridgehead atoms. The molecule has 0 saturated carbocycles. The van der Waals surface area contributed by atoms with E-state index in [1.54, 1.807) is 7.11 Å². The first-order valence-corrected chi connectivity index (χ1v) is 6.00. The number of hydrogen-bond donors (Lipinski definition) is 0. The van der Waals surface area contributed by atoms with Crippen LogP contribution in [0.15, 0.2) is 18.2 Å². The molecule has 1 rings (SSSR count). The van der Waals surface area contributed by atoms with Gasteiger partial charge in [0.25, 0.3) is 0 Å². The van der Waals surface area contributed by atoms with Crippen LogP contribution in [0.3, 0.4) is 0 Å². The van der Waals surface area contributed by atoms with E-state index in [9.17, 15) is 4.79 Å². The van der Waals surface area contributed by atoms with Gasteiger partial charge in [0, 0.05) is 6.42 Å². The molecule has 3 heteroatoms. The van der Waals surface area contributed by atoms with Crippen LogP contribution in [0, 0.1) is 6.92 Å². The van der Waals surface area contributed by atoms with Crippen LogP contribution in [-0.2, 0) is 11.2 Å². The number of halogens is 1. The number of rotatable bonds is 5. The van der Waals surface area contributed by atoms with Crippen molar-refractivity contribution in [3.8, 4) is 5.75 Å². The molecule has 15 heavy (non-hydrogen) atoms. The highest BCUT2D eigenvalue weighted by molar-refractivity contribution is 9.09. The van der Waals surface area contributed by atoms with Crippen molar-refractivity contribution in [1.29, 1.82) is 0 Å². The largest absolute Gasteiger partial charge is 0.496 e. The molecule has 0 aliphatic rings. The van der Waals surface area contributed by atoms with Crippen LogP contribution < -0.4 is 4.74 Å². The third kappa shape index (κ3) is 3.67. The van der Waals surface area contributed by atoms with E-state index in [2.05, 4.69) is 22.0 Å². The molecule has 0 unspecified atom stereocenters. The molecule has 0 heterocycles. The van der Waals surface area contributed by atoms with Gasteiger partial charge in [-0.05, 0) is 30.5 Å². The van der Waals surface area contributed by atoms with Gasteiger partial charge in [-0.15, -0.1) is 0 Å². The van der Waals surface area contributed by atoms with Crippen molar-refractivity contribution in [3.05, 3.63) is 29.3 Å². The first-order valence-electron chi connectivity index (χ1n) is 4.88. The van der Waals surface area contributed by atoms with Gasteiger partial charge in [0.1, 0.15) is 11.5 Å². The molecule has 0 atom stereocenters. The Morgan fingerprint density at radius 1 is 1.47 bits per heavy atom. The Bertz CT molecular complexity index is 347. The standard InChI is InChI=1S/C12H15BrO2/c1-9-7-10(3-5-11(14)8-13)4-6-12(9)15-2/h4,6-7H,3,5,8H2,1-2H3. The second kappa shape index (κ2) is 5.91. The highest BCUT2D eigenvalue weighted by Gasteiger charge is 2.03. The van der Waals surface area contributed by atoms with Gasteiger partial charge in [0.15, 0.2) is 0 Å². The molecular formula is C12H15BrO2. The van der Waals surface area contributed by atoms with Gasteiger partial charge in [-0.25, -0.2) is 0 Å². The molecule has 0 amide bonds. The van der Waals surface area contributed by atoms with Crippen LogP contribution in [0.4, 0.5) is 0 Å². The summed E-state index contributed by atoms with van der Waals surface area (Å²) in [5, 5.41) is 0.447. The summed E-state index contributed by atoms with van der Waals surface area (Å²) in [6.45, 7) is 2.01. The third-order valence-electron chi connectivity index (χ3n) is 2.30. The number of carbonyl (C=O) groups is 1. The minimum absolute atomic E-state index is 0.239. The van der Waals surface area contributed by atoms with Crippen molar-refractivity contribution in [2.75, 3.05) is 12.4 Å². The lowest BCUT2D eigenvalue weighted by molar-refractivity contribution is -0.116. The summed E-state index contributed by atoms with van der Waals surface area (Å²) in [7, 11) is 1.66. The lowest BCUT2D eigenvalue weighted by atomic mass is 10.1. The van der Waals surface area contributed by atoms with Crippen LogP contribution in [0.5, 0.6) is 5.75 Å². The van der Waals surface area contributed by atoms with E-state index in [4.69, 9.17) is 4.74 Å². The average molecular weight is 271 g/mol. The maximum absolute atomic E-state index is 11.1. The average Bonchev–Trinajstić information content (AvgIpc) is 2.26. The van der Waals surface area contributed by atoms with E-state index in [1.165, 1.54) is 5.56 Å². The number of alkyl halides is 1. The summed E-state index contributed by atoms with van der Waals surface area (Å²) in [6.07, 6.45) is 1.40. The summed E-state index contributed by atoms with van der Waals surface area (Å²) in [5.74, 6) is 1.13.